The van der Waals surface area contributed by atoms with Crippen LogP contribution in [0.3, 0.4) is 0 Å². The van der Waals surface area contributed by atoms with Crippen LogP contribution in [-0.4, -0.2) is 45.5 Å². The number of anilines is 1. The molecule has 11 nitrogen and oxygen atoms in total. The van der Waals surface area contributed by atoms with E-state index in [1.807, 2.05) is 6.92 Å². The Balaban J connectivity index is 1.89. The van der Waals surface area contributed by atoms with Crippen molar-refractivity contribution in [3.05, 3.63) is 57.6 Å². The fourth-order valence-corrected chi connectivity index (χ4v) is 3.45. The number of carbonyl (C=O) groups excluding carboxylic acids is 2. The second-order valence-electron chi connectivity index (χ2n) is 6.42. The average molecular weight is 451 g/mol. The van der Waals surface area contributed by atoms with Crippen molar-refractivity contribution >= 4 is 33.3 Å². The van der Waals surface area contributed by atoms with E-state index in [4.69, 9.17) is 9.47 Å². The van der Waals surface area contributed by atoms with Crippen LogP contribution >= 0.6 is 0 Å². The smallest absolute Gasteiger partial charge is 0.321 e. The van der Waals surface area contributed by atoms with Gasteiger partial charge in [-0.05, 0) is 43.2 Å². The number of carbonyl (C=O) groups is 2. The van der Waals surface area contributed by atoms with Gasteiger partial charge in [0.05, 0.1) is 28.7 Å². The number of hydrogen-bond acceptors (Lipinski definition) is 8. The van der Waals surface area contributed by atoms with Gasteiger partial charge in [0.15, 0.2) is 6.61 Å². The van der Waals surface area contributed by atoms with Gasteiger partial charge in [0.2, 0.25) is 10.0 Å². The highest BCUT2D eigenvalue weighted by Gasteiger charge is 2.18. The topological polar surface area (TPSA) is 154 Å². The first kappa shape index (κ1) is 23.8. The Morgan fingerprint density at radius 1 is 1.10 bits per heavy atom. The number of nitro groups is 1. The zero-order valence-corrected chi connectivity index (χ0v) is 17.8. The van der Waals surface area contributed by atoms with Gasteiger partial charge in [-0.25, -0.2) is 8.42 Å². The molecule has 12 heteroatoms. The molecule has 0 aromatic heterocycles. The number of ether oxygens (including phenoxy) is 2. The molecular formula is C19H21N3O8S. The number of nitrogens with one attached hydrogen (secondary N) is 2. The summed E-state index contributed by atoms with van der Waals surface area (Å²) in [6.45, 7) is 2.25. The molecule has 0 saturated heterocycles. The van der Waals surface area contributed by atoms with Crippen LogP contribution in [0.5, 0.6) is 5.75 Å². The molecule has 1 amide bonds. The minimum Gasteiger partial charge on any atom is -0.494 e. The van der Waals surface area contributed by atoms with Crippen LogP contribution in [0.15, 0.2) is 41.3 Å². The fourth-order valence-electron chi connectivity index (χ4n) is 2.40. The molecule has 166 valence electrons. The van der Waals surface area contributed by atoms with Crippen LogP contribution in [0.2, 0.25) is 0 Å². The highest BCUT2D eigenvalue weighted by Crippen LogP contribution is 2.28. The molecule has 2 aromatic rings. The summed E-state index contributed by atoms with van der Waals surface area (Å²) in [5.74, 6) is -1.65. The molecule has 31 heavy (non-hydrogen) atoms. The molecule has 0 aliphatic heterocycles. The van der Waals surface area contributed by atoms with E-state index in [1.54, 1.807) is 13.0 Å². The average Bonchev–Trinajstić information content (AvgIpc) is 2.72. The first-order valence-electron chi connectivity index (χ1n) is 8.88. The summed E-state index contributed by atoms with van der Waals surface area (Å²) < 4.78 is 36.4. The van der Waals surface area contributed by atoms with Gasteiger partial charge in [-0.3, -0.25) is 19.7 Å². The number of benzene rings is 2. The highest BCUT2D eigenvalue weighted by atomic mass is 32.2. The van der Waals surface area contributed by atoms with Crippen LogP contribution in [0, 0.1) is 24.0 Å². The summed E-state index contributed by atoms with van der Waals surface area (Å²) in [7, 11) is -2.65. The fraction of sp³-hybridized carbons (Fsp3) is 0.263. The molecule has 2 aromatic carbocycles. The van der Waals surface area contributed by atoms with Crippen LogP contribution in [0.25, 0.3) is 0 Å². The number of rotatable bonds is 9. The molecule has 0 heterocycles. The molecule has 2 N–H and O–H groups in total. The van der Waals surface area contributed by atoms with Gasteiger partial charge in [-0.2, -0.15) is 4.72 Å². The second-order valence-corrected chi connectivity index (χ2v) is 8.19. The molecule has 0 bridgehead atoms. The van der Waals surface area contributed by atoms with Crippen LogP contribution < -0.4 is 14.8 Å². The quantitative estimate of drug-likeness (QED) is 0.332. The van der Waals surface area contributed by atoms with Crippen molar-refractivity contribution in [1.29, 1.82) is 0 Å². The Kier molecular flexibility index (Phi) is 7.67. The molecule has 0 radical (unpaired) electrons. The van der Waals surface area contributed by atoms with Crippen molar-refractivity contribution in [2.45, 2.75) is 18.7 Å². The summed E-state index contributed by atoms with van der Waals surface area (Å²) in [6.07, 6.45) is 0. The maximum atomic E-state index is 12.3. The summed E-state index contributed by atoms with van der Waals surface area (Å²) >= 11 is 0. The monoisotopic (exact) mass is 451 g/mol. The van der Waals surface area contributed by atoms with Gasteiger partial charge in [0.25, 0.3) is 11.6 Å². The molecule has 0 aliphatic carbocycles. The number of amides is 1. The van der Waals surface area contributed by atoms with E-state index in [2.05, 4.69) is 10.0 Å². The van der Waals surface area contributed by atoms with Crippen molar-refractivity contribution in [1.82, 2.24) is 4.72 Å². The summed E-state index contributed by atoms with van der Waals surface area (Å²) in [5.41, 5.74) is 1.62. The third kappa shape index (κ3) is 6.49. The lowest BCUT2D eigenvalue weighted by atomic mass is 10.1. The van der Waals surface area contributed by atoms with E-state index in [0.717, 1.165) is 17.2 Å². The van der Waals surface area contributed by atoms with Crippen molar-refractivity contribution in [2.24, 2.45) is 0 Å². The van der Waals surface area contributed by atoms with E-state index in [9.17, 15) is 28.1 Å². The normalized spacial score (nSPS) is 10.9. The number of sulfonamides is 1. The number of nitro benzene ring substituents is 1. The van der Waals surface area contributed by atoms with E-state index in [-0.39, 0.29) is 22.0 Å². The molecule has 2 rings (SSSR count). The van der Waals surface area contributed by atoms with E-state index in [1.165, 1.54) is 31.4 Å². The molecule has 0 aliphatic rings. The number of nitrogens with zero attached hydrogens (tertiary/aromatic N) is 1. The van der Waals surface area contributed by atoms with E-state index >= 15 is 0 Å². The second kappa shape index (κ2) is 10.00. The Morgan fingerprint density at radius 2 is 1.81 bits per heavy atom. The zero-order chi connectivity index (χ0) is 23.2. The van der Waals surface area contributed by atoms with Crippen LogP contribution in [0.4, 0.5) is 11.4 Å². The van der Waals surface area contributed by atoms with Gasteiger partial charge in [0, 0.05) is 6.07 Å². The van der Waals surface area contributed by atoms with Crippen molar-refractivity contribution in [3.8, 4) is 5.75 Å². The van der Waals surface area contributed by atoms with Crippen molar-refractivity contribution in [3.63, 3.8) is 0 Å². The molecular weight excluding hydrogens is 430 g/mol. The molecule has 0 saturated carbocycles. The van der Waals surface area contributed by atoms with E-state index in [0.29, 0.717) is 0 Å². The lowest BCUT2D eigenvalue weighted by Gasteiger charge is -2.11. The lowest BCUT2D eigenvalue weighted by Crippen LogP contribution is -2.32. The minimum atomic E-state index is -3.92. The summed E-state index contributed by atoms with van der Waals surface area (Å²) in [6, 6.07) is 8.12. The molecule has 0 unspecified atom stereocenters. The van der Waals surface area contributed by atoms with Gasteiger partial charge in [0.1, 0.15) is 12.3 Å². The van der Waals surface area contributed by atoms with Gasteiger partial charge in [-0.1, -0.05) is 6.07 Å². The van der Waals surface area contributed by atoms with Crippen LogP contribution in [-0.2, 0) is 24.3 Å². The number of non-ortho nitro benzene ring substituents is 1. The Labute approximate surface area is 178 Å². The van der Waals surface area contributed by atoms with Gasteiger partial charge < -0.3 is 14.8 Å². The van der Waals surface area contributed by atoms with E-state index < -0.39 is 40.0 Å². The number of methoxy groups -OCH3 is 1. The predicted octanol–water partition coefficient (Wildman–Crippen LogP) is 1.68. The number of hydrogen-bond donors (Lipinski definition) is 2. The number of aryl methyl sites for hydroxylation is 2. The van der Waals surface area contributed by atoms with Gasteiger partial charge in [-0.15, -0.1) is 0 Å². The molecule has 0 fully saturated rings. The molecule has 0 atom stereocenters. The lowest BCUT2D eigenvalue weighted by molar-refractivity contribution is -0.384. The first-order chi connectivity index (χ1) is 14.5. The predicted molar refractivity (Wildman–Crippen MR) is 110 cm³/mol. The Morgan fingerprint density at radius 3 is 2.42 bits per heavy atom. The van der Waals surface area contributed by atoms with Gasteiger partial charge >= 0.3 is 5.97 Å². The largest absolute Gasteiger partial charge is 0.494 e. The van der Waals surface area contributed by atoms with Crippen LogP contribution in [0.1, 0.15) is 11.1 Å². The first-order valence-corrected chi connectivity index (χ1v) is 10.4. The maximum Gasteiger partial charge on any atom is 0.321 e. The standard InChI is InChI=1S/C19H21N3O8S/c1-12-4-6-15(8-13(12)2)31(27,28)20-10-19(24)30-11-18(23)21-16-7-5-14(22(25)26)9-17(16)29-3/h4-9,20H,10-11H2,1-3H3,(H,21,23). The summed E-state index contributed by atoms with van der Waals surface area (Å²) in [5, 5.41) is 13.2. The minimum absolute atomic E-state index is 0.00593. The van der Waals surface area contributed by atoms with Crippen molar-refractivity contribution in [2.75, 3.05) is 25.6 Å². The highest BCUT2D eigenvalue weighted by molar-refractivity contribution is 7.89. The number of esters is 1. The molecule has 0 spiro atoms. The van der Waals surface area contributed by atoms with Crippen molar-refractivity contribution < 1.29 is 32.4 Å². The third-order valence-corrected chi connectivity index (χ3v) is 5.63. The SMILES string of the molecule is COc1cc([N+](=O)[O-])ccc1NC(=O)COC(=O)CNS(=O)(=O)c1ccc(C)c(C)c1. The zero-order valence-electron chi connectivity index (χ0n) is 17.0. The Bertz CT molecular complexity index is 1120. The Hall–Kier alpha value is -3.51. The summed E-state index contributed by atoms with van der Waals surface area (Å²) in [4.78, 5) is 34.0. The maximum absolute atomic E-state index is 12.3. The third-order valence-electron chi connectivity index (χ3n) is 4.23.